The fourth-order valence-electron chi connectivity index (χ4n) is 11.1. The largest absolute Gasteiger partial charge is 0.456 e. The van der Waals surface area contributed by atoms with Crippen LogP contribution in [0.25, 0.3) is 101 Å². The van der Waals surface area contributed by atoms with Crippen LogP contribution in [0.5, 0.6) is 0 Å². The molecule has 6 heteroatoms. The van der Waals surface area contributed by atoms with E-state index in [9.17, 15) is 0 Å². The Balaban J connectivity index is 1.24. The van der Waals surface area contributed by atoms with Crippen LogP contribution in [0.1, 0.15) is 52.7 Å². The molecule has 296 valence electrons. The van der Waals surface area contributed by atoms with E-state index in [-0.39, 0.29) is 17.7 Å². The number of furan rings is 1. The van der Waals surface area contributed by atoms with E-state index in [1.807, 2.05) is 22.7 Å². The van der Waals surface area contributed by atoms with Crippen LogP contribution in [0.15, 0.2) is 144 Å². The van der Waals surface area contributed by atoms with Gasteiger partial charge in [-0.2, -0.15) is 0 Å². The lowest BCUT2D eigenvalue weighted by Gasteiger charge is -2.42. The van der Waals surface area contributed by atoms with Crippen LogP contribution >= 0.6 is 22.7 Å². The molecule has 2 aliphatic rings. The van der Waals surface area contributed by atoms with Gasteiger partial charge in [0.25, 0.3) is 0 Å². The minimum absolute atomic E-state index is 0.0120. The van der Waals surface area contributed by atoms with Crippen molar-refractivity contribution in [2.24, 2.45) is 0 Å². The second-order valence-corrected chi connectivity index (χ2v) is 21.8. The van der Waals surface area contributed by atoms with Gasteiger partial charge in [-0.3, -0.25) is 0 Å². The molecule has 0 N–H and O–H groups in total. The molecule has 0 amide bonds. The number of hydrogen-bond acceptors (Lipinski definition) is 4. The summed E-state index contributed by atoms with van der Waals surface area (Å²) >= 11 is 3.86. The summed E-state index contributed by atoms with van der Waals surface area (Å²) in [5, 5.41) is 10.3. The summed E-state index contributed by atoms with van der Waals surface area (Å²) in [6, 6.07) is 53.2. The smallest absolute Gasteiger partial charge is 0.333 e. The molecule has 0 radical (unpaired) electrons. The minimum Gasteiger partial charge on any atom is -0.456 e. The monoisotopic (exact) mass is 832 g/mol. The van der Waals surface area contributed by atoms with Crippen molar-refractivity contribution in [1.82, 2.24) is 4.57 Å². The van der Waals surface area contributed by atoms with Crippen LogP contribution < -0.4 is 15.7 Å². The standard InChI is InChI=1S/C56H41BN2OS2/c1-55(2,3)30-19-22-32(23-20-30)59-42-26-36-33-13-7-10-16-44(33)60-45(36)28-39(42)51-52-53-49(50-35-15-9-12-18-47(35)62-54(50)51)38-25-31(56(4,5)6)21-24-41(38)58(53)43-27-37-34-14-8-11-17-46(34)61-48(37)29-40(43)57(52)59/h7-29H,1-6H3. The molecule has 8 aromatic carbocycles. The Morgan fingerprint density at radius 3 is 1.97 bits per heavy atom. The van der Waals surface area contributed by atoms with Crippen molar-refractivity contribution in [3.63, 3.8) is 0 Å². The lowest BCUT2D eigenvalue weighted by molar-refractivity contribution is 0.590. The Morgan fingerprint density at radius 1 is 0.516 bits per heavy atom. The van der Waals surface area contributed by atoms with Crippen LogP contribution in [-0.2, 0) is 10.8 Å². The van der Waals surface area contributed by atoms with Crippen molar-refractivity contribution in [2.75, 3.05) is 4.81 Å². The van der Waals surface area contributed by atoms with Gasteiger partial charge in [0.1, 0.15) is 11.2 Å². The maximum atomic E-state index is 6.76. The summed E-state index contributed by atoms with van der Waals surface area (Å²) in [7, 11) is 0. The number of benzene rings is 8. The maximum Gasteiger partial charge on any atom is 0.333 e. The maximum absolute atomic E-state index is 6.76. The fourth-order valence-corrected chi connectivity index (χ4v) is 13.5. The first-order valence-corrected chi connectivity index (χ1v) is 23.4. The van der Waals surface area contributed by atoms with Crippen molar-refractivity contribution in [3.8, 4) is 16.8 Å². The van der Waals surface area contributed by atoms with Crippen molar-refractivity contribution in [3.05, 3.63) is 151 Å². The van der Waals surface area contributed by atoms with E-state index in [1.165, 1.54) is 112 Å². The highest BCUT2D eigenvalue weighted by Gasteiger charge is 2.46. The molecule has 6 heterocycles. The summed E-state index contributed by atoms with van der Waals surface area (Å²) in [6.45, 7) is 13.8. The predicted molar refractivity (Wildman–Crippen MR) is 270 cm³/mol. The van der Waals surface area contributed by atoms with E-state index < -0.39 is 0 Å². The molecule has 0 aliphatic carbocycles. The molecule has 12 aromatic rings. The molecule has 14 rings (SSSR count). The Bertz CT molecular complexity index is 3960. The van der Waals surface area contributed by atoms with Gasteiger partial charge in [0.2, 0.25) is 0 Å². The number of fused-ring (bicyclic) bond motifs is 19. The van der Waals surface area contributed by atoms with Gasteiger partial charge in [0.15, 0.2) is 0 Å². The first kappa shape index (κ1) is 35.3. The van der Waals surface area contributed by atoms with Gasteiger partial charge in [0, 0.05) is 90.1 Å². The van der Waals surface area contributed by atoms with Gasteiger partial charge >= 0.3 is 6.85 Å². The Kier molecular flexibility index (Phi) is 6.70. The van der Waals surface area contributed by atoms with Gasteiger partial charge in [-0.25, -0.2) is 0 Å². The molecular formula is C56H41BN2OS2. The summed E-state index contributed by atoms with van der Waals surface area (Å²) in [4.78, 5) is 2.68. The van der Waals surface area contributed by atoms with Crippen LogP contribution in [0.3, 0.4) is 0 Å². The number of nitrogens with zero attached hydrogens (tertiary/aromatic N) is 2. The molecular weight excluding hydrogens is 792 g/mol. The SMILES string of the molecule is CC(C)(C)c1ccc(N2B3c4cc5sc6ccccc6c5cc4-n4c5ccc(C(C)(C)C)cc5c5c6c(sc7ccccc76)c(c3c54)-c3cc4oc5ccccc5c4cc32)cc1. The number of anilines is 2. The second-order valence-electron chi connectivity index (χ2n) is 19.7. The first-order valence-electron chi connectivity index (χ1n) is 21.8. The van der Waals surface area contributed by atoms with E-state index in [0.717, 1.165) is 21.9 Å². The molecule has 0 bridgehead atoms. The van der Waals surface area contributed by atoms with Crippen LogP contribution in [0, 0.1) is 0 Å². The van der Waals surface area contributed by atoms with Crippen LogP contribution in [0.2, 0.25) is 0 Å². The average molecular weight is 833 g/mol. The zero-order chi connectivity index (χ0) is 41.6. The van der Waals surface area contributed by atoms with Gasteiger partial charge in [-0.15, -0.1) is 22.7 Å². The van der Waals surface area contributed by atoms with Crippen molar-refractivity contribution >= 4 is 136 Å². The van der Waals surface area contributed by atoms with Crippen molar-refractivity contribution in [2.45, 2.75) is 52.4 Å². The van der Waals surface area contributed by atoms with E-state index in [0.29, 0.717) is 0 Å². The minimum atomic E-state index is -0.103. The Hall–Kier alpha value is -6.34. The second kappa shape index (κ2) is 11.8. The molecule has 62 heavy (non-hydrogen) atoms. The lowest BCUT2D eigenvalue weighted by atomic mass is 9.44. The third-order valence-corrected chi connectivity index (χ3v) is 16.4. The predicted octanol–water partition coefficient (Wildman–Crippen LogP) is 15.3. The zero-order valence-electron chi connectivity index (χ0n) is 35.5. The summed E-state index contributed by atoms with van der Waals surface area (Å²) < 4.78 is 14.7. The highest BCUT2D eigenvalue weighted by Crippen LogP contribution is 2.54. The molecule has 3 nitrogen and oxygen atoms in total. The molecule has 0 saturated heterocycles. The third kappa shape index (κ3) is 4.51. The first-order chi connectivity index (χ1) is 30.0. The number of rotatable bonds is 1. The van der Waals surface area contributed by atoms with Gasteiger partial charge in [-0.1, -0.05) is 114 Å². The summed E-state index contributed by atoms with van der Waals surface area (Å²) in [5.74, 6) is 0. The zero-order valence-corrected chi connectivity index (χ0v) is 37.1. The number of para-hydroxylation sites is 1. The lowest BCUT2D eigenvalue weighted by Crippen LogP contribution is -2.60. The summed E-state index contributed by atoms with van der Waals surface area (Å²) in [6.07, 6.45) is 0. The number of aromatic nitrogens is 1. The van der Waals surface area contributed by atoms with Gasteiger partial charge in [-0.05, 0) is 99.6 Å². The molecule has 0 spiro atoms. The van der Waals surface area contributed by atoms with E-state index in [1.54, 1.807) is 0 Å². The number of hydrogen-bond donors (Lipinski definition) is 0. The molecule has 4 aromatic heterocycles. The Morgan fingerprint density at radius 2 is 1.19 bits per heavy atom. The van der Waals surface area contributed by atoms with E-state index in [2.05, 4.69) is 190 Å². The van der Waals surface area contributed by atoms with Crippen LogP contribution in [-0.4, -0.2) is 11.4 Å². The summed E-state index contributed by atoms with van der Waals surface area (Å²) in [5.41, 5.74) is 16.1. The normalized spacial score (nSPS) is 13.9. The highest BCUT2D eigenvalue weighted by molar-refractivity contribution is 7.27. The molecule has 0 atom stereocenters. The van der Waals surface area contributed by atoms with Gasteiger partial charge < -0.3 is 13.8 Å². The van der Waals surface area contributed by atoms with E-state index in [4.69, 9.17) is 4.42 Å². The fraction of sp³-hybridized carbons (Fsp3) is 0.143. The average Bonchev–Trinajstić information content (AvgIpc) is 4.02. The van der Waals surface area contributed by atoms with Crippen molar-refractivity contribution in [1.29, 1.82) is 0 Å². The quantitative estimate of drug-likeness (QED) is 0.154. The molecule has 2 aliphatic heterocycles. The van der Waals surface area contributed by atoms with E-state index >= 15 is 0 Å². The highest BCUT2D eigenvalue weighted by atomic mass is 32.1. The van der Waals surface area contributed by atoms with Crippen LogP contribution in [0.4, 0.5) is 11.4 Å². The molecule has 0 fully saturated rings. The molecule has 0 saturated carbocycles. The third-order valence-electron chi connectivity index (χ3n) is 14.1. The van der Waals surface area contributed by atoms with Gasteiger partial charge in [0.05, 0.1) is 11.0 Å². The Labute approximate surface area is 367 Å². The topological polar surface area (TPSA) is 21.3 Å². The number of thiophene rings is 2. The van der Waals surface area contributed by atoms with Crippen molar-refractivity contribution < 1.29 is 4.42 Å². The molecule has 0 unspecified atom stereocenters.